The van der Waals surface area contributed by atoms with Gasteiger partial charge in [-0.15, -0.1) is 0 Å². The number of halogens is 2. The molecule has 10 heteroatoms. The van der Waals surface area contributed by atoms with E-state index in [1.807, 2.05) is 6.92 Å². The van der Waals surface area contributed by atoms with E-state index < -0.39 is 0 Å². The van der Waals surface area contributed by atoms with Crippen LogP contribution in [0.15, 0.2) is 20.1 Å². The second kappa shape index (κ2) is 6.18. The SMILES string of the molecule is CCOc1cc(C=Nn2nnnc2N)c(Br)c(Br)c1O. The molecule has 0 spiro atoms. The number of hydrogen-bond acceptors (Lipinski definition) is 7. The van der Waals surface area contributed by atoms with Gasteiger partial charge in [0.2, 0.25) is 0 Å². The molecule has 0 bridgehead atoms. The first kappa shape index (κ1) is 14.7. The number of rotatable bonds is 4. The van der Waals surface area contributed by atoms with Gasteiger partial charge in [-0.3, -0.25) is 0 Å². The van der Waals surface area contributed by atoms with Crippen LogP contribution in [0.2, 0.25) is 0 Å². The highest BCUT2D eigenvalue weighted by Gasteiger charge is 2.14. The van der Waals surface area contributed by atoms with Gasteiger partial charge in [0.1, 0.15) is 0 Å². The number of anilines is 1. The fraction of sp³-hybridized carbons (Fsp3) is 0.200. The van der Waals surface area contributed by atoms with Crippen molar-refractivity contribution in [1.82, 2.24) is 20.3 Å². The summed E-state index contributed by atoms with van der Waals surface area (Å²) in [6.07, 6.45) is 1.49. The number of phenolic OH excluding ortho intramolecular Hbond substituents is 1. The molecule has 106 valence electrons. The zero-order valence-corrected chi connectivity index (χ0v) is 13.5. The number of phenols is 1. The molecule has 0 fully saturated rings. The van der Waals surface area contributed by atoms with E-state index in [4.69, 9.17) is 10.5 Å². The first-order valence-corrected chi connectivity index (χ1v) is 7.05. The molecule has 0 aliphatic rings. The molecule has 0 unspecified atom stereocenters. The van der Waals surface area contributed by atoms with Crippen LogP contribution in [0, 0.1) is 0 Å². The van der Waals surface area contributed by atoms with Gasteiger partial charge in [-0.2, -0.15) is 5.10 Å². The highest BCUT2D eigenvalue weighted by molar-refractivity contribution is 9.13. The molecule has 20 heavy (non-hydrogen) atoms. The zero-order valence-electron chi connectivity index (χ0n) is 10.3. The van der Waals surface area contributed by atoms with Gasteiger partial charge < -0.3 is 15.6 Å². The molecule has 0 atom stereocenters. The van der Waals surface area contributed by atoms with Crippen molar-refractivity contribution in [3.63, 3.8) is 0 Å². The van der Waals surface area contributed by atoms with Gasteiger partial charge in [0.05, 0.1) is 17.3 Å². The molecule has 0 saturated heterocycles. The average Bonchev–Trinajstić information content (AvgIpc) is 2.84. The minimum Gasteiger partial charge on any atom is -0.503 e. The number of aromatic nitrogens is 4. The van der Waals surface area contributed by atoms with Crippen LogP contribution >= 0.6 is 31.9 Å². The summed E-state index contributed by atoms with van der Waals surface area (Å²) in [6, 6.07) is 1.64. The number of nitrogens with zero attached hydrogens (tertiary/aromatic N) is 5. The topological polar surface area (TPSA) is 111 Å². The fourth-order valence-corrected chi connectivity index (χ4v) is 2.19. The smallest absolute Gasteiger partial charge is 0.263 e. The lowest BCUT2D eigenvalue weighted by molar-refractivity contribution is 0.317. The number of benzene rings is 1. The third kappa shape index (κ3) is 2.90. The van der Waals surface area contributed by atoms with E-state index in [1.165, 1.54) is 6.21 Å². The Morgan fingerprint density at radius 2 is 2.25 bits per heavy atom. The Hall–Kier alpha value is -1.68. The van der Waals surface area contributed by atoms with E-state index in [1.54, 1.807) is 6.07 Å². The van der Waals surface area contributed by atoms with Crippen molar-refractivity contribution in [2.24, 2.45) is 5.10 Å². The van der Waals surface area contributed by atoms with Crippen molar-refractivity contribution in [1.29, 1.82) is 0 Å². The quantitative estimate of drug-likeness (QED) is 0.749. The molecular formula is C10H10Br2N6O2. The second-order valence-corrected chi connectivity index (χ2v) is 5.13. The van der Waals surface area contributed by atoms with E-state index in [0.717, 1.165) is 4.79 Å². The maximum absolute atomic E-state index is 9.93. The monoisotopic (exact) mass is 404 g/mol. The largest absolute Gasteiger partial charge is 0.503 e. The van der Waals surface area contributed by atoms with Crippen molar-refractivity contribution in [2.45, 2.75) is 6.92 Å². The molecule has 1 aromatic heterocycles. The molecule has 0 aliphatic heterocycles. The predicted octanol–water partition coefficient (Wildman–Crippen LogP) is 1.77. The molecule has 0 aliphatic carbocycles. The minimum absolute atomic E-state index is 0.0119. The maximum Gasteiger partial charge on any atom is 0.263 e. The summed E-state index contributed by atoms with van der Waals surface area (Å²) in [6.45, 7) is 2.25. The molecule has 0 saturated carbocycles. The second-order valence-electron chi connectivity index (χ2n) is 3.54. The number of tetrazole rings is 1. The Kier molecular flexibility index (Phi) is 4.55. The van der Waals surface area contributed by atoms with Crippen LogP contribution in [0.25, 0.3) is 0 Å². The summed E-state index contributed by atoms with van der Waals surface area (Å²) < 4.78 is 6.43. The van der Waals surface area contributed by atoms with Gasteiger partial charge in [-0.05, 0) is 55.3 Å². The van der Waals surface area contributed by atoms with Gasteiger partial charge >= 0.3 is 0 Å². The Labute approximate surface area is 130 Å². The number of nitrogen functional groups attached to an aromatic ring is 1. The van der Waals surface area contributed by atoms with Gasteiger partial charge in [-0.1, -0.05) is 9.89 Å². The Balaban J connectivity index is 2.41. The third-order valence-corrected chi connectivity index (χ3v) is 4.42. The van der Waals surface area contributed by atoms with Gasteiger partial charge in [0, 0.05) is 10.0 Å². The van der Waals surface area contributed by atoms with E-state index in [-0.39, 0.29) is 11.7 Å². The van der Waals surface area contributed by atoms with Gasteiger partial charge in [-0.25, -0.2) is 0 Å². The van der Waals surface area contributed by atoms with E-state index in [9.17, 15) is 5.11 Å². The molecule has 0 radical (unpaired) electrons. The molecule has 2 aromatic rings. The lowest BCUT2D eigenvalue weighted by Crippen LogP contribution is -2.00. The number of nitrogens with two attached hydrogens (primary N) is 1. The lowest BCUT2D eigenvalue weighted by Gasteiger charge is -2.10. The van der Waals surface area contributed by atoms with Crippen LogP contribution in [-0.4, -0.2) is 38.2 Å². The molecule has 2 rings (SSSR count). The summed E-state index contributed by atoms with van der Waals surface area (Å²) in [5.74, 6) is 0.423. The van der Waals surface area contributed by atoms with Crippen LogP contribution in [0.3, 0.4) is 0 Å². The highest BCUT2D eigenvalue weighted by Crippen LogP contribution is 2.41. The Bertz CT molecular complexity index is 657. The maximum atomic E-state index is 9.93. The number of aromatic hydroxyl groups is 1. The molecular weight excluding hydrogens is 396 g/mol. The first-order valence-electron chi connectivity index (χ1n) is 5.46. The average molecular weight is 406 g/mol. The Morgan fingerprint density at radius 3 is 2.85 bits per heavy atom. The van der Waals surface area contributed by atoms with Gasteiger partial charge in [0.25, 0.3) is 5.95 Å². The standard InChI is InChI=1S/C10H10Br2N6O2/c1-2-20-6-3-5(7(11)8(12)9(6)19)4-14-18-10(13)15-16-17-18/h3-4,19H,2H2,1H3,(H2,13,15,17). The van der Waals surface area contributed by atoms with Crippen LogP contribution in [0.4, 0.5) is 5.95 Å². The summed E-state index contributed by atoms with van der Waals surface area (Å²) in [7, 11) is 0. The minimum atomic E-state index is 0.0119. The van der Waals surface area contributed by atoms with Crippen LogP contribution in [-0.2, 0) is 0 Å². The first-order chi connectivity index (χ1) is 9.54. The fourth-order valence-electron chi connectivity index (χ4n) is 1.36. The lowest BCUT2D eigenvalue weighted by atomic mass is 10.2. The van der Waals surface area contributed by atoms with Crippen molar-refractivity contribution in [2.75, 3.05) is 12.3 Å². The number of hydrogen-bond donors (Lipinski definition) is 2. The van der Waals surface area contributed by atoms with E-state index >= 15 is 0 Å². The van der Waals surface area contributed by atoms with Gasteiger partial charge in [0.15, 0.2) is 11.5 Å². The molecule has 8 nitrogen and oxygen atoms in total. The highest BCUT2D eigenvalue weighted by atomic mass is 79.9. The van der Waals surface area contributed by atoms with Crippen LogP contribution in [0.5, 0.6) is 11.5 Å². The third-order valence-electron chi connectivity index (χ3n) is 2.26. The van der Waals surface area contributed by atoms with Crippen LogP contribution in [0.1, 0.15) is 12.5 Å². The van der Waals surface area contributed by atoms with Crippen molar-refractivity contribution in [3.05, 3.63) is 20.6 Å². The number of ether oxygens (including phenoxy) is 1. The van der Waals surface area contributed by atoms with Crippen LogP contribution < -0.4 is 10.5 Å². The van der Waals surface area contributed by atoms with Crippen molar-refractivity contribution in [3.8, 4) is 11.5 Å². The summed E-state index contributed by atoms with van der Waals surface area (Å²) in [5, 5.41) is 24.4. The molecule has 1 heterocycles. The predicted molar refractivity (Wildman–Crippen MR) is 79.9 cm³/mol. The molecule has 3 N–H and O–H groups in total. The van der Waals surface area contributed by atoms with Crippen molar-refractivity contribution >= 4 is 44.0 Å². The normalized spacial score (nSPS) is 11.2. The summed E-state index contributed by atoms with van der Waals surface area (Å²) in [5.41, 5.74) is 6.16. The molecule has 1 aromatic carbocycles. The van der Waals surface area contributed by atoms with Crippen molar-refractivity contribution < 1.29 is 9.84 Å². The van der Waals surface area contributed by atoms with E-state index in [0.29, 0.717) is 26.9 Å². The Morgan fingerprint density at radius 1 is 1.50 bits per heavy atom. The summed E-state index contributed by atoms with van der Waals surface area (Å²) >= 11 is 6.63. The molecule has 0 amide bonds. The summed E-state index contributed by atoms with van der Waals surface area (Å²) in [4.78, 5) is 1.08. The zero-order chi connectivity index (χ0) is 14.7. The van der Waals surface area contributed by atoms with E-state index in [2.05, 4.69) is 52.5 Å².